The molecule has 1 aromatic heterocycles. The zero-order valence-corrected chi connectivity index (χ0v) is 13.9. The van der Waals surface area contributed by atoms with Gasteiger partial charge in [-0.1, -0.05) is 11.6 Å². The average molecular weight is 343 g/mol. The quantitative estimate of drug-likeness (QED) is 0.897. The van der Waals surface area contributed by atoms with Crippen molar-refractivity contribution in [2.75, 3.05) is 5.32 Å². The lowest BCUT2D eigenvalue weighted by Gasteiger charge is -2.11. The molecule has 2 aromatic rings. The summed E-state index contributed by atoms with van der Waals surface area (Å²) < 4.78 is 2.93. The van der Waals surface area contributed by atoms with Gasteiger partial charge in [0.15, 0.2) is 0 Å². The molecule has 2 rings (SSSR count). The number of aromatic nitrogens is 2. The topological polar surface area (TPSA) is 29.9 Å². The number of anilines is 1. The van der Waals surface area contributed by atoms with Crippen LogP contribution in [0.25, 0.3) is 0 Å². The lowest BCUT2D eigenvalue weighted by molar-refractivity contribution is 0.730. The molecule has 0 aliphatic carbocycles. The summed E-state index contributed by atoms with van der Waals surface area (Å²) in [6.07, 6.45) is 0. The van der Waals surface area contributed by atoms with Crippen LogP contribution in [0.3, 0.4) is 0 Å². The lowest BCUT2D eigenvalue weighted by atomic mass is 10.2. The van der Waals surface area contributed by atoms with Crippen molar-refractivity contribution in [3.63, 3.8) is 0 Å². The minimum absolute atomic E-state index is 0.740. The van der Waals surface area contributed by atoms with E-state index in [9.17, 15) is 0 Å². The van der Waals surface area contributed by atoms with Crippen molar-refractivity contribution in [2.45, 2.75) is 27.3 Å². The first-order chi connectivity index (χ1) is 8.90. The molecule has 0 unspecified atom stereocenters. The van der Waals surface area contributed by atoms with Crippen LogP contribution >= 0.6 is 27.5 Å². The van der Waals surface area contributed by atoms with Crippen molar-refractivity contribution in [3.8, 4) is 0 Å². The van der Waals surface area contributed by atoms with Gasteiger partial charge in [0.05, 0.1) is 11.4 Å². The summed E-state index contributed by atoms with van der Waals surface area (Å²) in [4.78, 5) is 0. The molecule has 0 aliphatic rings. The Balaban J connectivity index is 2.21. The van der Waals surface area contributed by atoms with Crippen LogP contribution in [0.4, 0.5) is 5.69 Å². The Kier molecular flexibility index (Phi) is 4.21. The highest BCUT2D eigenvalue weighted by molar-refractivity contribution is 9.10. The molecule has 1 aromatic carbocycles. The second-order valence-corrected chi connectivity index (χ2v) is 5.97. The van der Waals surface area contributed by atoms with Crippen LogP contribution < -0.4 is 5.32 Å². The summed E-state index contributed by atoms with van der Waals surface area (Å²) in [6, 6.07) is 3.97. The van der Waals surface area contributed by atoms with Gasteiger partial charge in [-0.2, -0.15) is 5.10 Å². The minimum Gasteiger partial charge on any atom is -0.380 e. The summed E-state index contributed by atoms with van der Waals surface area (Å²) in [5.74, 6) is 0. The van der Waals surface area contributed by atoms with Gasteiger partial charge in [-0.05, 0) is 54.4 Å². The number of rotatable bonds is 3. The van der Waals surface area contributed by atoms with Crippen LogP contribution in [0.5, 0.6) is 0 Å². The molecule has 1 heterocycles. The smallest absolute Gasteiger partial charge is 0.0646 e. The van der Waals surface area contributed by atoms with E-state index < -0.39 is 0 Å². The van der Waals surface area contributed by atoms with E-state index in [4.69, 9.17) is 11.6 Å². The fraction of sp³-hybridized carbons (Fsp3) is 0.357. The molecule has 5 heteroatoms. The molecule has 102 valence electrons. The molecule has 3 nitrogen and oxygen atoms in total. The number of aryl methyl sites for hydroxylation is 3. The van der Waals surface area contributed by atoms with Gasteiger partial charge in [-0.15, -0.1) is 0 Å². The standard InChI is InChI=1S/C14H17BrClN3/c1-8-5-12(15)14(6-13(8)16)17-7-11-9(2)18-19(4)10(11)3/h5-6,17H,7H2,1-4H3. The molecule has 0 saturated carbocycles. The van der Waals surface area contributed by atoms with E-state index in [0.717, 1.165) is 33.0 Å². The van der Waals surface area contributed by atoms with Crippen LogP contribution in [0, 0.1) is 20.8 Å². The predicted octanol–water partition coefficient (Wildman–Crippen LogP) is 4.37. The maximum absolute atomic E-state index is 6.16. The molecule has 0 atom stereocenters. The fourth-order valence-electron chi connectivity index (χ4n) is 2.04. The van der Waals surface area contributed by atoms with Gasteiger partial charge in [0.2, 0.25) is 0 Å². The largest absolute Gasteiger partial charge is 0.380 e. The van der Waals surface area contributed by atoms with E-state index in [-0.39, 0.29) is 0 Å². The Morgan fingerprint density at radius 2 is 2.00 bits per heavy atom. The summed E-state index contributed by atoms with van der Waals surface area (Å²) in [6.45, 7) is 6.84. The number of benzene rings is 1. The van der Waals surface area contributed by atoms with E-state index in [1.165, 1.54) is 11.3 Å². The number of nitrogens with zero attached hydrogens (tertiary/aromatic N) is 2. The summed E-state index contributed by atoms with van der Waals surface area (Å²) in [7, 11) is 1.96. The van der Waals surface area contributed by atoms with Gasteiger partial charge in [0, 0.05) is 34.3 Å². The van der Waals surface area contributed by atoms with Gasteiger partial charge < -0.3 is 5.32 Å². The van der Waals surface area contributed by atoms with Gasteiger partial charge in [0.25, 0.3) is 0 Å². The Morgan fingerprint density at radius 1 is 1.32 bits per heavy atom. The zero-order chi connectivity index (χ0) is 14.2. The molecule has 0 radical (unpaired) electrons. The number of hydrogen-bond acceptors (Lipinski definition) is 2. The normalized spacial score (nSPS) is 10.8. The van der Waals surface area contributed by atoms with Gasteiger partial charge in [0.1, 0.15) is 0 Å². The van der Waals surface area contributed by atoms with E-state index >= 15 is 0 Å². The summed E-state index contributed by atoms with van der Waals surface area (Å²) >= 11 is 9.71. The highest BCUT2D eigenvalue weighted by atomic mass is 79.9. The highest BCUT2D eigenvalue weighted by Gasteiger charge is 2.10. The third-order valence-corrected chi connectivity index (χ3v) is 4.43. The SMILES string of the molecule is Cc1cc(Br)c(NCc2c(C)nn(C)c2C)cc1Cl. The van der Waals surface area contributed by atoms with Gasteiger partial charge in [-0.3, -0.25) is 4.68 Å². The van der Waals surface area contributed by atoms with E-state index in [1.54, 1.807) is 0 Å². The Labute approximate surface area is 127 Å². The Hall–Kier alpha value is -1.000. The van der Waals surface area contributed by atoms with E-state index in [2.05, 4.69) is 33.3 Å². The first-order valence-corrected chi connectivity index (χ1v) is 7.26. The maximum atomic E-state index is 6.16. The molecule has 19 heavy (non-hydrogen) atoms. The molecule has 1 N–H and O–H groups in total. The van der Waals surface area contributed by atoms with Crippen molar-refractivity contribution in [1.82, 2.24) is 9.78 Å². The van der Waals surface area contributed by atoms with Crippen LogP contribution in [-0.2, 0) is 13.6 Å². The van der Waals surface area contributed by atoms with Gasteiger partial charge in [-0.25, -0.2) is 0 Å². The Bertz CT molecular complexity index is 620. The Morgan fingerprint density at radius 3 is 2.58 bits per heavy atom. The molecule has 0 bridgehead atoms. The van der Waals surface area contributed by atoms with Gasteiger partial charge >= 0.3 is 0 Å². The second kappa shape index (κ2) is 5.55. The van der Waals surface area contributed by atoms with Crippen molar-refractivity contribution in [1.29, 1.82) is 0 Å². The molecule has 0 saturated heterocycles. The first-order valence-electron chi connectivity index (χ1n) is 6.08. The zero-order valence-electron chi connectivity index (χ0n) is 11.5. The number of halogens is 2. The first kappa shape index (κ1) is 14.4. The van der Waals surface area contributed by atoms with E-state index in [0.29, 0.717) is 0 Å². The average Bonchev–Trinajstić information content (AvgIpc) is 2.57. The maximum Gasteiger partial charge on any atom is 0.0646 e. The molecule has 0 aliphatic heterocycles. The lowest BCUT2D eigenvalue weighted by Crippen LogP contribution is -2.03. The molecular weight excluding hydrogens is 326 g/mol. The monoisotopic (exact) mass is 341 g/mol. The van der Waals surface area contributed by atoms with Crippen molar-refractivity contribution >= 4 is 33.2 Å². The number of nitrogens with one attached hydrogen (secondary N) is 1. The fourth-order valence-corrected chi connectivity index (χ4v) is 2.80. The number of hydrogen-bond donors (Lipinski definition) is 1. The third kappa shape index (κ3) is 2.95. The predicted molar refractivity (Wildman–Crippen MR) is 83.9 cm³/mol. The highest BCUT2D eigenvalue weighted by Crippen LogP contribution is 2.29. The van der Waals surface area contributed by atoms with Crippen molar-refractivity contribution in [3.05, 3.63) is 44.1 Å². The van der Waals surface area contributed by atoms with Crippen LogP contribution in [-0.4, -0.2) is 9.78 Å². The van der Waals surface area contributed by atoms with E-state index in [1.807, 2.05) is 37.7 Å². The molecule has 0 amide bonds. The van der Waals surface area contributed by atoms with Crippen molar-refractivity contribution < 1.29 is 0 Å². The summed E-state index contributed by atoms with van der Waals surface area (Å²) in [5.41, 5.74) is 5.53. The molecular formula is C14H17BrClN3. The van der Waals surface area contributed by atoms with Crippen LogP contribution in [0.1, 0.15) is 22.5 Å². The molecule has 0 spiro atoms. The van der Waals surface area contributed by atoms with Crippen LogP contribution in [0.15, 0.2) is 16.6 Å². The third-order valence-electron chi connectivity index (χ3n) is 3.36. The minimum atomic E-state index is 0.740. The van der Waals surface area contributed by atoms with Crippen molar-refractivity contribution in [2.24, 2.45) is 7.05 Å². The van der Waals surface area contributed by atoms with Crippen LogP contribution in [0.2, 0.25) is 5.02 Å². The summed E-state index contributed by atoms with van der Waals surface area (Å²) in [5, 5.41) is 8.59. The molecule has 0 fully saturated rings. The second-order valence-electron chi connectivity index (χ2n) is 4.71.